The van der Waals surface area contributed by atoms with Gasteiger partial charge in [-0.2, -0.15) is 0 Å². The van der Waals surface area contributed by atoms with Crippen LogP contribution < -0.4 is 11.1 Å². The molecule has 0 spiro atoms. The number of aldehydes is 1. The summed E-state index contributed by atoms with van der Waals surface area (Å²) in [6, 6.07) is 0. The molecule has 0 rings (SSSR count). The summed E-state index contributed by atoms with van der Waals surface area (Å²) in [5.74, 6) is 4.66. The molecule has 21 heavy (non-hydrogen) atoms. The van der Waals surface area contributed by atoms with E-state index in [9.17, 15) is 4.79 Å². The molecule has 0 aliphatic rings. The molecule has 0 aromatic heterocycles. The summed E-state index contributed by atoms with van der Waals surface area (Å²) >= 11 is 0. The SMILES string of the molecule is C#CCN.C#CCNCC(OC)OC.COC(C=O)OC. The number of methoxy groups -OCH3 is 4. The van der Waals surface area contributed by atoms with E-state index in [0.717, 1.165) is 0 Å². The monoisotopic (exact) mass is 302 g/mol. The number of ether oxygens (including phenoxy) is 4. The molecule has 0 atom stereocenters. The highest BCUT2D eigenvalue weighted by atomic mass is 16.7. The number of carbonyl (C=O) groups excluding carboxylic acids is 1. The van der Waals surface area contributed by atoms with Crippen LogP contribution in [0.3, 0.4) is 0 Å². The van der Waals surface area contributed by atoms with Gasteiger partial charge in [0.1, 0.15) is 0 Å². The summed E-state index contributed by atoms with van der Waals surface area (Å²) in [6.45, 7) is 1.51. The predicted molar refractivity (Wildman–Crippen MR) is 81.3 cm³/mol. The van der Waals surface area contributed by atoms with Gasteiger partial charge in [0.05, 0.1) is 13.1 Å². The van der Waals surface area contributed by atoms with Crippen LogP contribution in [-0.4, -0.2) is 66.9 Å². The fourth-order valence-electron chi connectivity index (χ4n) is 0.732. The minimum Gasteiger partial charge on any atom is -0.355 e. The van der Waals surface area contributed by atoms with E-state index in [1.807, 2.05) is 0 Å². The molecule has 0 aliphatic carbocycles. The van der Waals surface area contributed by atoms with Gasteiger partial charge in [-0.3, -0.25) is 4.79 Å². The second-order valence-electron chi connectivity index (χ2n) is 3.12. The van der Waals surface area contributed by atoms with Crippen molar-refractivity contribution in [2.45, 2.75) is 12.6 Å². The lowest BCUT2D eigenvalue weighted by molar-refractivity contribution is -0.143. The van der Waals surface area contributed by atoms with Gasteiger partial charge in [-0.15, -0.1) is 12.8 Å². The Bertz CT molecular complexity index is 278. The van der Waals surface area contributed by atoms with Crippen molar-refractivity contribution in [1.29, 1.82) is 0 Å². The van der Waals surface area contributed by atoms with Crippen LogP contribution >= 0.6 is 0 Å². The van der Waals surface area contributed by atoms with E-state index in [1.54, 1.807) is 14.2 Å². The quantitative estimate of drug-likeness (QED) is 0.263. The van der Waals surface area contributed by atoms with E-state index < -0.39 is 6.29 Å². The number of hydrogen-bond donors (Lipinski definition) is 2. The van der Waals surface area contributed by atoms with Crippen LogP contribution in [0.2, 0.25) is 0 Å². The molecule has 0 amide bonds. The van der Waals surface area contributed by atoms with Crippen molar-refractivity contribution in [1.82, 2.24) is 5.32 Å². The first kappa shape index (κ1) is 24.6. The van der Waals surface area contributed by atoms with Crippen LogP contribution in [0.15, 0.2) is 0 Å². The van der Waals surface area contributed by atoms with E-state index in [-0.39, 0.29) is 6.29 Å². The van der Waals surface area contributed by atoms with Crippen molar-refractivity contribution < 1.29 is 23.7 Å². The first-order valence-electron chi connectivity index (χ1n) is 5.95. The van der Waals surface area contributed by atoms with Crippen molar-refractivity contribution >= 4 is 6.29 Å². The lowest BCUT2D eigenvalue weighted by atomic mass is 10.5. The molecule has 0 unspecified atom stereocenters. The van der Waals surface area contributed by atoms with Gasteiger partial charge in [-0.25, -0.2) is 0 Å². The van der Waals surface area contributed by atoms with Crippen molar-refractivity contribution in [3.63, 3.8) is 0 Å². The van der Waals surface area contributed by atoms with Gasteiger partial charge in [0.25, 0.3) is 0 Å². The largest absolute Gasteiger partial charge is 0.355 e. The van der Waals surface area contributed by atoms with Crippen molar-refractivity contribution in [2.24, 2.45) is 5.73 Å². The Balaban J connectivity index is -0.000000256. The van der Waals surface area contributed by atoms with Gasteiger partial charge < -0.3 is 30.0 Å². The molecule has 0 saturated heterocycles. The zero-order chi connectivity index (χ0) is 16.9. The maximum Gasteiger partial charge on any atom is 0.214 e. The Kier molecular flexibility index (Phi) is 27.6. The second kappa shape index (κ2) is 23.6. The zero-order valence-electron chi connectivity index (χ0n) is 13.1. The minimum absolute atomic E-state index is 0.201. The molecule has 0 radical (unpaired) electrons. The Morgan fingerprint density at radius 3 is 1.76 bits per heavy atom. The fourth-order valence-corrected chi connectivity index (χ4v) is 0.732. The molecule has 7 heteroatoms. The Morgan fingerprint density at radius 1 is 1.10 bits per heavy atom. The normalized spacial score (nSPS) is 8.81. The van der Waals surface area contributed by atoms with Gasteiger partial charge in [-0.05, 0) is 0 Å². The standard InChI is InChI=1S/C7H13NO2.C4H8O3.C3H5N/c1-4-5-8-6-7(9-2)10-3;1-6-4(3-5)7-2;1-2-3-4/h1,7-8H,5-6H2,2-3H3;3-4H,1-2H3;1H,3-4H2. The summed E-state index contributed by atoms with van der Waals surface area (Å²) < 4.78 is 18.7. The number of nitrogens with one attached hydrogen (secondary N) is 1. The van der Waals surface area contributed by atoms with Crippen LogP contribution in [0.25, 0.3) is 0 Å². The van der Waals surface area contributed by atoms with Crippen LogP contribution in [-0.2, 0) is 23.7 Å². The molecule has 0 heterocycles. The topological polar surface area (TPSA) is 92.0 Å². The smallest absolute Gasteiger partial charge is 0.214 e. The molecule has 122 valence electrons. The van der Waals surface area contributed by atoms with Crippen LogP contribution in [0.5, 0.6) is 0 Å². The molecule has 0 saturated carbocycles. The van der Waals surface area contributed by atoms with E-state index in [2.05, 4.69) is 33.1 Å². The molecular formula is C14H26N2O5. The maximum absolute atomic E-state index is 9.72. The van der Waals surface area contributed by atoms with Crippen LogP contribution in [0.4, 0.5) is 0 Å². The fraction of sp³-hybridized carbons (Fsp3) is 0.643. The highest BCUT2D eigenvalue weighted by Crippen LogP contribution is 1.86. The third-order valence-corrected chi connectivity index (χ3v) is 1.76. The summed E-state index contributed by atoms with van der Waals surface area (Å²) in [6.07, 6.45) is 9.34. The van der Waals surface area contributed by atoms with Gasteiger partial charge in [0.15, 0.2) is 12.6 Å². The summed E-state index contributed by atoms with van der Waals surface area (Å²) in [5, 5.41) is 2.95. The number of nitrogens with two attached hydrogens (primary N) is 1. The Labute approximate surface area is 127 Å². The predicted octanol–water partition coefficient (Wildman–Crippen LogP) is -0.789. The summed E-state index contributed by atoms with van der Waals surface area (Å²) in [5.41, 5.74) is 4.79. The van der Waals surface area contributed by atoms with Crippen LogP contribution in [0.1, 0.15) is 0 Å². The highest BCUT2D eigenvalue weighted by Gasteiger charge is 2.01. The lowest BCUT2D eigenvalue weighted by Gasteiger charge is -2.12. The lowest BCUT2D eigenvalue weighted by Crippen LogP contribution is -2.29. The van der Waals surface area contributed by atoms with Crippen molar-refractivity contribution in [3.05, 3.63) is 0 Å². The highest BCUT2D eigenvalue weighted by molar-refractivity contribution is 5.53. The molecule has 0 fully saturated rings. The summed E-state index contributed by atoms with van der Waals surface area (Å²) in [7, 11) is 5.99. The molecule has 7 nitrogen and oxygen atoms in total. The zero-order valence-corrected chi connectivity index (χ0v) is 13.1. The number of rotatable bonds is 8. The second-order valence-corrected chi connectivity index (χ2v) is 3.12. The third-order valence-electron chi connectivity index (χ3n) is 1.76. The average molecular weight is 302 g/mol. The number of hydrogen-bond acceptors (Lipinski definition) is 7. The summed E-state index contributed by atoms with van der Waals surface area (Å²) in [4.78, 5) is 9.72. The van der Waals surface area contributed by atoms with E-state index in [0.29, 0.717) is 25.9 Å². The molecule has 3 N–H and O–H groups in total. The average Bonchev–Trinajstić information content (AvgIpc) is 2.54. The van der Waals surface area contributed by atoms with Crippen molar-refractivity contribution in [2.75, 3.05) is 48.1 Å². The number of terminal acetylenes is 2. The minimum atomic E-state index is -0.694. The number of carbonyl (C=O) groups is 1. The molecular weight excluding hydrogens is 276 g/mol. The Hall–Kier alpha value is -1.45. The Morgan fingerprint density at radius 2 is 1.57 bits per heavy atom. The van der Waals surface area contributed by atoms with Crippen molar-refractivity contribution in [3.8, 4) is 24.7 Å². The molecule has 0 aliphatic heterocycles. The van der Waals surface area contributed by atoms with E-state index >= 15 is 0 Å². The first-order chi connectivity index (χ1) is 10.1. The van der Waals surface area contributed by atoms with E-state index in [1.165, 1.54) is 14.2 Å². The third kappa shape index (κ3) is 24.0. The molecule has 0 bridgehead atoms. The maximum atomic E-state index is 9.72. The van der Waals surface area contributed by atoms with Gasteiger partial charge in [0, 0.05) is 35.0 Å². The van der Waals surface area contributed by atoms with Gasteiger partial charge in [-0.1, -0.05) is 11.8 Å². The molecule has 0 aromatic rings. The first-order valence-corrected chi connectivity index (χ1v) is 5.95. The van der Waals surface area contributed by atoms with Gasteiger partial charge >= 0.3 is 0 Å². The van der Waals surface area contributed by atoms with Gasteiger partial charge in [0.2, 0.25) is 6.29 Å². The van der Waals surface area contributed by atoms with E-state index in [4.69, 9.17) is 21.6 Å². The molecule has 0 aromatic carbocycles. The van der Waals surface area contributed by atoms with Crippen LogP contribution in [0, 0.1) is 24.7 Å².